The largest absolute Gasteiger partial charge is 0.454 e. The zero-order chi connectivity index (χ0) is 12.1. The summed E-state index contributed by atoms with van der Waals surface area (Å²) in [6.07, 6.45) is 1.86. The second-order valence-electron chi connectivity index (χ2n) is 4.27. The van der Waals surface area contributed by atoms with Crippen molar-refractivity contribution in [3.8, 4) is 0 Å². The van der Waals surface area contributed by atoms with Crippen LogP contribution in [0.15, 0.2) is 53.1 Å². The predicted octanol–water partition coefficient (Wildman–Crippen LogP) is 4.79. The Morgan fingerprint density at radius 1 is 1.00 bits per heavy atom. The van der Waals surface area contributed by atoms with Crippen molar-refractivity contribution in [2.24, 2.45) is 0 Å². The predicted molar refractivity (Wildman–Crippen MR) is 74.0 cm³/mol. The Kier molecular flexibility index (Phi) is 1.91. The smallest absolute Gasteiger partial charge is 0.161 e. The molecule has 2 aromatic heterocycles. The Bertz CT molecular complexity index is 895. The summed E-state index contributed by atoms with van der Waals surface area (Å²) in [5.74, 6) is 0. The van der Waals surface area contributed by atoms with Gasteiger partial charge in [-0.1, -0.05) is 29.8 Å². The van der Waals surface area contributed by atoms with Crippen molar-refractivity contribution >= 4 is 44.4 Å². The van der Waals surface area contributed by atoms with Crippen molar-refractivity contribution in [1.82, 2.24) is 4.98 Å². The lowest BCUT2D eigenvalue weighted by molar-refractivity contribution is 0.672. The van der Waals surface area contributed by atoms with Crippen LogP contribution in [-0.4, -0.2) is 4.98 Å². The standard InChI is InChI=1S/C15H8ClNO/c16-10-6-5-9-8-17-14-11-3-1-2-4-13(11)18-15(14)12(9)7-10/h1-8H. The lowest BCUT2D eigenvalue weighted by Crippen LogP contribution is -1.78. The van der Waals surface area contributed by atoms with E-state index < -0.39 is 0 Å². The highest BCUT2D eigenvalue weighted by Crippen LogP contribution is 2.33. The molecule has 0 radical (unpaired) electrons. The molecule has 0 fully saturated rings. The highest BCUT2D eigenvalue weighted by molar-refractivity contribution is 6.31. The van der Waals surface area contributed by atoms with Gasteiger partial charge in [0.2, 0.25) is 0 Å². The first-order valence-electron chi connectivity index (χ1n) is 5.68. The second-order valence-corrected chi connectivity index (χ2v) is 4.70. The van der Waals surface area contributed by atoms with Crippen LogP contribution in [0.3, 0.4) is 0 Å². The fourth-order valence-electron chi connectivity index (χ4n) is 2.31. The third-order valence-electron chi connectivity index (χ3n) is 3.16. The Hall–Kier alpha value is -2.06. The number of fused-ring (bicyclic) bond motifs is 5. The van der Waals surface area contributed by atoms with Crippen molar-refractivity contribution in [2.75, 3.05) is 0 Å². The molecule has 0 atom stereocenters. The topological polar surface area (TPSA) is 26.0 Å². The number of rotatable bonds is 0. The molecule has 0 aliphatic heterocycles. The van der Waals surface area contributed by atoms with Crippen molar-refractivity contribution < 1.29 is 4.42 Å². The zero-order valence-electron chi connectivity index (χ0n) is 9.35. The normalized spacial score (nSPS) is 11.6. The number of benzene rings is 2. The molecular weight excluding hydrogens is 246 g/mol. The van der Waals surface area contributed by atoms with Crippen molar-refractivity contribution in [3.05, 3.63) is 53.7 Å². The summed E-state index contributed by atoms with van der Waals surface area (Å²) in [5.41, 5.74) is 2.55. The summed E-state index contributed by atoms with van der Waals surface area (Å²) in [7, 11) is 0. The van der Waals surface area contributed by atoms with Gasteiger partial charge in [0.1, 0.15) is 11.1 Å². The molecule has 4 aromatic rings. The summed E-state index contributed by atoms with van der Waals surface area (Å²) >= 11 is 6.06. The molecule has 0 aliphatic rings. The quantitative estimate of drug-likeness (QED) is 0.450. The van der Waals surface area contributed by atoms with Crippen LogP contribution in [0.25, 0.3) is 32.8 Å². The van der Waals surface area contributed by atoms with Gasteiger partial charge in [-0.15, -0.1) is 0 Å². The molecule has 0 spiro atoms. The lowest BCUT2D eigenvalue weighted by atomic mass is 10.1. The number of aromatic nitrogens is 1. The van der Waals surface area contributed by atoms with E-state index in [2.05, 4.69) is 4.98 Å². The van der Waals surface area contributed by atoms with Crippen molar-refractivity contribution in [2.45, 2.75) is 0 Å². The summed E-state index contributed by atoms with van der Waals surface area (Å²) in [6, 6.07) is 13.7. The third kappa shape index (κ3) is 1.27. The van der Waals surface area contributed by atoms with Crippen LogP contribution in [0, 0.1) is 0 Å². The minimum absolute atomic E-state index is 0.704. The molecule has 2 aromatic carbocycles. The molecule has 0 amide bonds. The molecule has 4 rings (SSSR count). The number of halogens is 1. The molecule has 0 saturated carbocycles. The zero-order valence-corrected chi connectivity index (χ0v) is 10.1. The number of nitrogens with zero attached hydrogens (tertiary/aromatic N) is 1. The van der Waals surface area contributed by atoms with Crippen molar-refractivity contribution in [3.63, 3.8) is 0 Å². The van der Waals surface area contributed by atoms with Crippen LogP contribution in [-0.2, 0) is 0 Å². The minimum Gasteiger partial charge on any atom is -0.454 e. The number of hydrogen-bond acceptors (Lipinski definition) is 2. The molecule has 0 bridgehead atoms. The van der Waals surface area contributed by atoms with Gasteiger partial charge in [-0.2, -0.15) is 0 Å². The SMILES string of the molecule is Clc1ccc2cnc3c4ccccc4oc3c2c1. The molecule has 2 heterocycles. The number of pyridine rings is 1. The van der Waals surface area contributed by atoms with E-state index in [0.29, 0.717) is 5.02 Å². The number of hydrogen-bond donors (Lipinski definition) is 0. The van der Waals surface area contributed by atoms with Crippen LogP contribution in [0.2, 0.25) is 5.02 Å². The van der Waals surface area contributed by atoms with Gasteiger partial charge in [0, 0.05) is 27.4 Å². The van der Waals surface area contributed by atoms with E-state index in [0.717, 1.165) is 32.8 Å². The Morgan fingerprint density at radius 3 is 2.83 bits per heavy atom. The second kappa shape index (κ2) is 3.47. The molecule has 0 aliphatic carbocycles. The number of furan rings is 1. The first kappa shape index (κ1) is 9.92. The van der Waals surface area contributed by atoms with Crippen molar-refractivity contribution in [1.29, 1.82) is 0 Å². The van der Waals surface area contributed by atoms with Gasteiger partial charge in [0.05, 0.1) is 0 Å². The lowest BCUT2D eigenvalue weighted by Gasteiger charge is -1.98. The molecule has 86 valence electrons. The van der Waals surface area contributed by atoms with E-state index in [-0.39, 0.29) is 0 Å². The van der Waals surface area contributed by atoms with E-state index >= 15 is 0 Å². The monoisotopic (exact) mass is 253 g/mol. The maximum atomic E-state index is 6.06. The molecule has 3 heteroatoms. The third-order valence-corrected chi connectivity index (χ3v) is 3.40. The van der Waals surface area contributed by atoms with Gasteiger partial charge in [0.15, 0.2) is 5.58 Å². The fraction of sp³-hybridized carbons (Fsp3) is 0. The minimum atomic E-state index is 0.704. The molecule has 0 saturated heterocycles. The average Bonchev–Trinajstić information content (AvgIpc) is 2.78. The highest BCUT2D eigenvalue weighted by atomic mass is 35.5. The van der Waals surface area contributed by atoms with Crippen LogP contribution in [0.1, 0.15) is 0 Å². The molecule has 2 nitrogen and oxygen atoms in total. The molecule has 0 unspecified atom stereocenters. The van der Waals surface area contributed by atoms with Gasteiger partial charge in [-0.3, -0.25) is 4.98 Å². The van der Waals surface area contributed by atoms with Crippen LogP contribution in [0.5, 0.6) is 0 Å². The van der Waals surface area contributed by atoms with Crippen LogP contribution in [0.4, 0.5) is 0 Å². The van der Waals surface area contributed by atoms with Crippen LogP contribution < -0.4 is 0 Å². The maximum absolute atomic E-state index is 6.06. The molecule has 0 N–H and O–H groups in total. The van der Waals surface area contributed by atoms with Gasteiger partial charge >= 0.3 is 0 Å². The number of para-hydroxylation sites is 1. The van der Waals surface area contributed by atoms with E-state index in [1.807, 2.05) is 48.7 Å². The summed E-state index contributed by atoms with van der Waals surface area (Å²) in [6.45, 7) is 0. The highest BCUT2D eigenvalue weighted by Gasteiger charge is 2.10. The van der Waals surface area contributed by atoms with Crippen LogP contribution >= 0.6 is 11.6 Å². The van der Waals surface area contributed by atoms with Gasteiger partial charge in [-0.25, -0.2) is 0 Å². The first-order chi connectivity index (χ1) is 8.83. The Morgan fingerprint density at radius 2 is 1.89 bits per heavy atom. The maximum Gasteiger partial charge on any atom is 0.161 e. The van der Waals surface area contributed by atoms with Gasteiger partial charge < -0.3 is 4.42 Å². The van der Waals surface area contributed by atoms with Gasteiger partial charge in [0.25, 0.3) is 0 Å². The fourth-order valence-corrected chi connectivity index (χ4v) is 2.49. The van der Waals surface area contributed by atoms with E-state index in [1.165, 1.54) is 0 Å². The summed E-state index contributed by atoms with van der Waals surface area (Å²) in [4.78, 5) is 4.49. The first-order valence-corrected chi connectivity index (χ1v) is 6.06. The molecular formula is C15H8ClNO. The van der Waals surface area contributed by atoms with Gasteiger partial charge in [-0.05, 0) is 24.3 Å². The average molecular weight is 254 g/mol. The van der Waals surface area contributed by atoms with E-state index in [9.17, 15) is 0 Å². The van der Waals surface area contributed by atoms with E-state index in [1.54, 1.807) is 0 Å². The van der Waals surface area contributed by atoms with E-state index in [4.69, 9.17) is 16.0 Å². The summed E-state index contributed by atoms with van der Waals surface area (Å²) in [5, 5.41) is 3.78. The Balaban J connectivity index is 2.31. The summed E-state index contributed by atoms with van der Waals surface area (Å²) < 4.78 is 5.90. The Labute approximate surface area is 108 Å². The molecule has 18 heavy (non-hydrogen) atoms.